The maximum atomic E-state index is 12.9. The molecule has 1 heterocycles. The van der Waals surface area contributed by atoms with Crippen molar-refractivity contribution in [3.05, 3.63) is 59.7 Å². The lowest BCUT2D eigenvalue weighted by Gasteiger charge is -2.19. The average Bonchev–Trinajstić information content (AvgIpc) is 3.09. The highest BCUT2D eigenvalue weighted by molar-refractivity contribution is 6.06. The van der Waals surface area contributed by atoms with Crippen LogP contribution in [0.15, 0.2) is 48.5 Å². The smallest absolute Gasteiger partial charge is 0.329 e. The van der Waals surface area contributed by atoms with Crippen LogP contribution in [0.25, 0.3) is 0 Å². The molecule has 2 amide bonds. The molecular weight excluding hydrogens is 404 g/mol. The van der Waals surface area contributed by atoms with Crippen molar-refractivity contribution < 1.29 is 14.3 Å². The summed E-state index contributed by atoms with van der Waals surface area (Å²) in [5.74, 6) is -0.00434. The van der Waals surface area contributed by atoms with E-state index in [2.05, 4.69) is 0 Å². The number of urea groups is 1. The van der Waals surface area contributed by atoms with Crippen molar-refractivity contribution in [2.24, 2.45) is 11.7 Å². The summed E-state index contributed by atoms with van der Waals surface area (Å²) in [4.78, 5) is 27.7. The van der Waals surface area contributed by atoms with Gasteiger partial charge in [-0.15, -0.1) is 12.4 Å². The standard InChI is InChI=1S/C22H26N4O3.ClH/c1-15(14-20(27)29-2)13-16-3-7-18(8-4-16)25-11-12-26(22(25)28)19-9-5-17(6-10-19)21(23)24;/h3-10,15H,11-14H2,1-2H3,(H3,23,24);1H. The van der Waals surface area contributed by atoms with Gasteiger partial charge in [-0.05, 0) is 54.3 Å². The fraction of sp³-hybridized carbons (Fsp3) is 0.318. The Balaban J connectivity index is 0.00000320. The number of amidine groups is 1. The molecule has 1 atom stereocenters. The van der Waals surface area contributed by atoms with Gasteiger partial charge in [0, 0.05) is 36.4 Å². The summed E-state index contributed by atoms with van der Waals surface area (Å²) in [7, 11) is 1.40. The van der Waals surface area contributed by atoms with Gasteiger partial charge >= 0.3 is 12.0 Å². The normalized spacial score (nSPS) is 14.3. The molecule has 1 unspecified atom stereocenters. The van der Waals surface area contributed by atoms with Crippen molar-refractivity contribution in [2.45, 2.75) is 19.8 Å². The number of anilines is 2. The van der Waals surface area contributed by atoms with Crippen LogP contribution in [0.4, 0.5) is 16.2 Å². The summed E-state index contributed by atoms with van der Waals surface area (Å²) in [6.07, 6.45) is 1.16. The Kier molecular flexibility index (Phi) is 7.83. The van der Waals surface area contributed by atoms with Crippen LogP contribution in [-0.2, 0) is 16.0 Å². The summed E-state index contributed by atoms with van der Waals surface area (Å²) < 4.78 is 4.72. The predicted octanol–water partition coefficient (Wildman–Crippen LogP) is 3.58. The lowest BCUT2D eigenvalue weighted by molar-refractivity contribution is -0.141. The molecule has 3 rings (SSSR count). The molecule has 0 aliphatic carbocycles. The van der Waals surface area contributed by atoms with E-state index in [4.69, 9.17) is 15.9 Å². The van der Waals surface area contributed by atoms with Crippen molar-refractivity contribution in [2.75, 3.05) is 30.0 Å². The molecule has 8 heteroatoms. The molecule has 0 radical (unpaired) electrons. The number of benzene rings is 2. The van der Waals surface area contributed by atoms with Crippen molar-refractivity contribution in [1.29, 1.82) is 5.41 Å². The van der Waals surface area contributed by atoms with Gasteiger partial charge in [-0.1, -0.05) is 19.1 Å². The number of amides is 2. The first-order valence-electron chi connectivity index (χ1n) is 9.58. The molecule has 0 bridgehead atoms. The highest BCUT2D eigenvalue weighted by Gasteiger charge is 2.30. The summed E-state index contributed by atoms with van der Waals surface area (Å²) in [5.41, 5.74) is 8.88. The highest BCUT2D eigenvalue weighted by atomic mass is 35.5. The zero-order valence-corrected chi connectivity index (χ0v) is 17.9. The van der Waals surface area contributed by atoms with Gasteiger partial charge in [0.25, 0.3) is 0 Å². The Morgan fingerprint density at radius 2 is 1.57 bits per heavy atom. The second kappa shape index (κ2) is 10.1. The molecule has 3 N–H and O–H groups in total. The number of carbonyl (C=O) groups is 2. The number of methoxy groups -OCH3 is 1. The SMILES string of the molecule is COC(=O)CC(C)Cc1ccc(N2CCN(c3ccc(C(=N)N)cc3)C2=O)cc1.Cl. The second-order valence-corrected chi connectivity index (χ2v) is 7.30. The number of esters is 1. The van der Waals surface area contributed by atoms with Gasteiger partial charge in [-0.25, -0.2) is 4.79 Å². The Morgan fingerprint density at radius 3 is 2.03 bits per heavy atom. The van der Waals surface area contributed by atoms with E-state index in [0.29, 0.717) is 25.1 Å². The zero-order valence-electron chi connectivity index (χ0n) is 17.1. The third-order valence-corrected chi connectivity index (χ3v) is 5.07. The number of rotatable bonds is 7. The van der Waals surface area contributed by atoms with Crippen molar-refractivity contribution in [1.82, 2.24) is 0 Å². The molecule has 0 spiro atoms. The summed E-state index contributed by atoms with van der Waals surface area (Å²) in [6, 6.07) is 14.9. The van der Waals surface area contributed by atoms with Crippen molar-refractivity contribution >= 4 is 41.6 Å². The number of carbonyl (C=O) groups excluding carboxylic acids is 2. The quantitative estimate of drug-likeness (QED) is 0.398. The van der Waals surface area contributed by atoms with Crippen LogP contribution in [0.5, 0.6) is 0 Å². The number of nitrogen functional groups attached to an aromatic ring is 1. The Morgan fingerprint density at radius 1 is 1.07 bits per heavy atom. The minimum atomic E-state index is -0.201. The van der Waals surface area contributed by atoms with Gasteiger partial charge in [0.15, 0.2) is 0 Å². The van der Waals surface area contributed by atoms with Crippen LogP contribution in [0.2, 0.25) is 0 Å². The van der Waals surface area contributed by atoms with Crippen molar-refractivity contribution in [3.8, 4) is 0 Å². The molecule has 160 valence electrons. The summed E-state index contributed by atoms with van der Waals surface area (Å²) >= 11 is 0. The Bertz CT molecular complexity index is 900. The monoisotopic (exact) mass is 430 g/mol. The maximum Gasteiger partial charge on any atom is 0.329 e. The van der Waals surface area contributed by atoms with E-state index < -0.39 is 0 Å². The molecule has 2 aromatic rings. The van der Waals surface area contributed by atoms with E-state index in [1.165, 1.54) is 7.11 Å². The number of nitrogens with one attached hydrogen (secondary N) is 1. The van der Waals surface area contributed by atoms with Crippen LogP contribution in [0.1, 0.15) is 24.5 Å². The van der Waals surface area contributed by atoms with Crippen LogP contribution in [-0.4, -0.2) is 38.0 Å². The zero-order chi connectivity index (χ0) is 21.0. The number of halogens is 1. The first kappa shape index (κ1) is 23.2. The maximum absolute atomic E-state index is 12.9. The molecule has 7 nitrogen and oxygen atoms in total. The van der Waals surface area contributed by atoms with Gasteiger partial charge in [-0.2, -0.15) is 0 Å². The lowest BCUT2D eigenvalue weighted by Crippen LogP contribution is -2.31. The van der Waals surface area contributed by atoms with Gasteiger partial charge in [0.1, 0.15) is 5.84 Å². The molecule has 1 aliphatic heterocycles. The molecule has 30 heavy (non-hydrogen) atoms. The topological polar surface area (TPSA) is 99.7 Å². The first-order chi connectivity index (χ1) is 13.9. The highest BCUT2D eigenvalue weighted by Crippen LogP contribution is 2.26. The molecule has 1 aliphatic rings. The lowest BCUT2D eigenvalue weighted by atomic mass is 9.98. The van der Waals surface area contributed by atoms with Gasteiger partial charge in [0.2, 0.25) is 0 Å². The second-order valence-electron chi connectivity index (χ2n) is 7.30. The Labute approximate surface area is 182 Å². The van der Waals surface area contributed by atoms with Crippen LogP contribution in [0.3, 0.4) is 0 Å². The van der Waals surface area contributed by atoms with E-state index in [1.54, 1.807) is 21.9 Å². The van der Waals surface area contributed by atoms with Gasteiger partial charge < -0.3 is 10.5 Å². The molecule has 2 aromatic carbocycles. The number of hydrogen-bond acceptors (Lipinski definition) is 4. The van der Waals surface area contributed by atoms with E-state index in [9.17, 15) is 9.59 Å². The third-order valence-electron chi connectivity index (χ3n) is 5.07. The minimum absolute atomic E-state index is 0. The number of nitrogens with zero attached hydrogens (tertiary/aromatic N) is 2. The van der Waals surface area contributed by atoms with E-state index in [1.807, 2.05) is 43.3 Å². The molecule has 1 fully saturated rings. The van der Waals surface area contributed by atoms with Crippen LogP contribution in [0, 0.1) is 11.3 Å². The average molecular weight is 431 g/mol. The van der Waals surface area contributed by atoms with Crippen LogP contribution >= 0.6 is 12.4 Å². The third kappa shape index (κ3) is 5.30. The summed E-state index contributed by atoms with van der Waals surface area (Å²) in [5, 5.41) is 7.47. The number of nitrogens with two attached hydrogens (primary N) is 1. The van der Waals surface area contributed by atoms with E-state index in [0.717, 1.165) is 23.4 Å². The molecule has 1 saturated heterocycles. The number of hydrogen-bond donors (Lipinski definition) is 2. The number of ether oxygens (including phenoxy) is 1. The van der Waals surface area contributed by atoms with Crippen LogP contribution < -0.4 is 15.5 Å². The fourth-order valence-corrected chi connectivity index (χ4v) is 3.49. The van der Waals surface area contributed by atoms with E-state index in [-0.39, 0.29) is 36.2 Å². The van der Waals surface area contributed by atoms with Gasteiger partial charge in [0.05, 0.1) is 7.11 Å². The molecule has 0 saturated carbocycles. The predicted molar refractivity (Wildman–Crippen MR) is 121 cm³/mol. The van der Waals surface area contributed by atoms with E-state index >= 15 is 0 Å². The summed E-state index contributed by atoms with van der Waals surface area (Å²) in [6.45, 7) is 3.21. The Hall–Kier alpha value is -3.06. The largest absolute Gasteiger partial charge is 0.469 e. The molecular formula is C22H27ClN4O3. The first-order valence-corrected chi connectivity index (χ1v) is 9.58. The van der Waals surface area contributed by atoms with Crippen molar-refractivity contribution in [3.63, 3.8) is 0 Å². The molecule has 0 aromatic heterocycles. The fourth-order valence-electron chi connectivity index (χ4n) is 3.49. The van der Waals surface area contributed by atoms with Gasteiger partial charge in [-0.3, -0.25) is 20.0 Å². The minimum Gasteiger partial charge on any atom is -0.469 e.